The normalized spacial score (nSPS) is 22.6. The molecule has 0 bridgehead atoms. The molecule has 3 atom stereocenters. The first kappa shape index (κ1) is 30.9. The van der Waals surface area contributed by atoms with Crippen LogP contribution in [0.3, 0.4) is 0 Å². The number of rotatable bonds is 8. The molecule has 0 radical (unpaired) electrons. The van der Waals surface area contributed by atoms with Gasteiger partial charge in [-0.15, -0.1) is 0 Å². The highest BCUT2D eigenvalue weighted by atomic mass is 35.5. The smallest absolute Gasteiger partial charge is 0.236 e. The molecule has 0 aromatic heterocycles. The zero-order valence-corrected chi connectivity index (χ0v) is 27.2. The predicted octanol–water partition coefficient (Wildman–Crippen LogP) is 5.40. The number of ketones is 2. The first-order chi connectivity index (χ1) is 22.7. The Hall–Kier alpha value is -4.70. The number of methoxy groups -OCH3 is 3. The van der Waals surface area contributed by atoms with Gasteiger partial charge in [0.05, 0.1) is 34.5 Å². The summed E-state index contributed by atoms with van der Waals surface area (Å²) in [6.45, 7) is 2.89. The molecule has 1 aliphatic carbocycles. The van der Waals surface area contributed by atoms with Crippen LogP contribution in [0.4, 0.5) is 0 Å². The van der Waals surface area contributed by atoms with Crippen molar-refractivity contribution in [1.29, 1.82) is 0 Å². The minimum Gasteiger partial charge on any atom is -0.496 e. The van der Waals surface area contributed by atoms with E-state index in [1.54, 1.807) is 26.2 Å². The molecule has 1 N–H and O–H groups in total. The molecular weight excluding hydrogens is 626 g/mol. The standard InChI is InChI=1S/C36H34ClNO9/c1-18-13-23-30(34(40)36(18)35(41)31-27(43-3)17-28(44-4)32(37)33(31)47-36)22(16-29(39)38-23)20-6-8-25(26(15-20)42-2)46-11-9-19-5-7-24-21(14-19)10-12-45-24/h5-8,14-15,17-18,22H,9-13,16H2,1-4H3,(H,38,39)/t18-,22-,36+/m1/s1. The SMILES string of the molecule is COc1cc([C@H]2CC(=O)NC3=C2C(=O)[C@@]2(Oc4c(Cl)c(OC)cc(OC)c4C2=O)[C@H](C)C3)ccc1OCCc1ccc2c(c1)CCO2. The van der Waals surface area contributed by atoms with Crippen LogP contribution in [0.2, 0.25) is 5.02 Å². The molecule has 1 amide bonds. The minimum atomic E-state index is -1.89. The van der Waals surface area contributed by atoms with Gasteiger partial charge in [0.1, 0.15) is 27.8 Å². The molecule has 4 aliphatic rings. The lowest BCUT2D eigenvalue weighted by molar-refractivity contribution is -0.131. The molecule has 0 saturated heterocycles. The van der Waals surface area contributed by atoms with Gasteiger partial charge in [0, 0.05) is 48.4 Å². The van der Waals surface area contributed by atoms with E-state index < -0.39 is 29.0 Å². The summed E-state index contributed by atoms with van der Waals surface area (Å²) >= 11 is 6.60. The van der Waals surface area contributed by atoms with E-state index in [4.69, 9.17) is 40.0 Å². The van der Waals surface area contributed by atoms with E-state index in [-0.39, 0.29) is 46.6 Å². The second-order valence-electron chi connectivity index (χ2n) is 12.1. The summed E-state index contributed by atoms with van der Waals surface area (Å²) in [4.78, 5) is 41.9. The zero-order valence-electron chi connectivity index (χ0n) is 26.5. The number of Topliss-reactive ketones (excluding diaryl/α,β-unsaturated/α-hetero) is 2. The van der Waals surface area contributed by atoms with Gasteiger partial charge in [-0.3, -0.25) is 14.4 Å². The Morgan fingerprint density at radius 1 is 0.915 bits per heavy atom. The van der Waals surface area contributed by atoms with E-state index in [9.17, 15) is 14.4 Å². The van der Waals surface area contributed by atoms with Crippen molar-refractivity contribution in [2.24, 2.45) is 5.92 Å². The third-order valence-electron chi connectivity index (χ3n) is 9.55. The van der Waals surface area contributed by atoms with Gasteiger partial charge in [-0.2, -0.15) is 0 Å². The molecule has 3 aromatic carbocycles. The van der Waals surface area contributed by atoms with E-state index in [1.165, 1.54) is 25.8 Å². The van der Waals surface area contributed by atoms with Crippen molar-refractivity contribution in [2.75, 3.05) is 34.5 Å². The van der Waals surface area contributed by atoms with Crippen molar-refractivity contribution in [3.63, 3.8) is 0 Å². The molecule has 3 aromatic rings. The van der Waals surface area contributed by atoms with Gasteiger partial charge in [0.15, 0.2) is 17.2 Å². The number of nitrogens with one attached hydrogen (secondary N) is 1. The van der Waals surface area contributed by atoms with Crippen LogP contribution in [-0.4, -0.2) is 57.6 Å². The van der Waals surface area contributed by atoms with Gasteiger partial charge in [-0.1, -0.05) is 36.7 Å². The number of halogens is 1. The lowest BCUT2D eigenvalue weighted by Gasteiger charge is -2.41. The lowest BCUT2D eigenvalue weighted by atomic mass is 9.66. The van der Waals surface area contributed by atoms with E-state index >= 15 is 0 Å². The molecule has 0 fully saturated rings. The predicted molar refractivity (Wildman–Crippen MR) is 171 cm³/mol. The highest BCUT2D eigenvalue weighted by Crippen LogP contribution is 2.55. The first-order valence-electron chi connectivity index (χ1n) is 15.5. The van der Waals surface area contributed by atoms with Crippen molar-refractivity contribution in [2.45, 2.75) is 44.1 Å². The molecule has 0 unspecified atom stereocenters. The van der Waals surface area contributed by atoms with Crippen molar-refractivity contribution < 1.29 is 42.8 Å². The van der Waals surface area contributed by atoms with Crippen LogP contribution in [0, 0.1) is 5.92 Å². The molecule has 47 heavy (non-hydrogen) atoms. The van der Waals surface area contributed by atoms with Crippen LogP contribution < -0.4 is 33.7 Å². The molecule has 10 nitrogen and oxygen atoms in total. The van der Waals surface area contributed by atoms with Gasteiger partial charge in [-0.25, -0.2) is 0 Å². The van der Waals surface area contributed by atoms with Gasteiger partial charge in [0.25, 0.3) is 0 Å². The van der Waals surface area contributed by atoms with E-state index in [0.29, 0.717) is 48.0 Å². The fourth-order valence-electron chi connectivity index (χ4n) is 7.17. The molecule has 1 spiro atoms. The highest BCUT2D eigenvalue weighted by Gasteiger charge is 2.63. The average molecular weight is 660 g/mol. The second-order valence-corrected chi connectivity index (χ2v) is 12.5. The number of allylic oxidation sites excluding steroid dienone is 1. The topological polar surface area (TPSA) is 119 Å². The number of fused-ring (bicyclic) bond motifs is 2. The van der Waals surface area contributed by atoms with Crippen LogP contribution in [0.1, 0.15) is 52.7 Å². The highest BCUT2D eigenvalue weighted by molar-refractivity contribution is 6.36. The van der Waals surface area contributed by atoms with E-state index in [1.807, 2.05) is 18.2 Å². The van der Waals surface area contributed by atoms with E-state index in [0.717, 1.165) is 17.7 Å². The van der Waals surface area contributed by atoms with Crippen LogP contribution >= 0.6 is 11.6 Å². The summed E-state index contributed by atoms with van der Waals surface area (Å²) < 4.78 is 34.6. The number of hydrogen-bond donors (Lipinski definition) is 1. The molecule has 3 aliphatic heterocycles. The zero-order chi connectivity index (χ0) is 33.0. The van der Waals surface area contributed by atoms with Gasteiger partial charge < -0.3 is 33.7 Å². The van der Waals surface area contributed by atoms with Crippen molar-refractivity contribution in [3.8, 4) is 34.5 Å². The van der Waals surface area contributed by atoms with Crippen LogP contribution in [0.25, 0.3) is 0 Å². The maximum atomic E-state index is 14.7. The molecule has 7 rings (SSSR count). The summed E-state index contributed by atoms with van der Waals surface area (Å²) in [5, 5.41) is 2.97. The lowest BCUT2D eigenvalue weighted by Crippen LogP contribution is -2.59. The molecule has 3 heterocycles. The molecule has 244 valence electrons. The largest absolute Gasteiger partial charge is 0.496 e. The van der Waals surface area contributed by atoms with Crippen LogP contribution in [0.15, 0.2) is 53.7 Å². The Balaban J connectivity index is 1.18. The van der Waals surface area contributed by atoms with Crippen LogP contribution in [0.5, 0.6) is 34.5 Å². The van der Waals surface area contributed by atoms with Crippen molar-refractivity contribution in [3.05, 3.63) is 81.0 Å². The fraction of sp³-hybridized carbons (Fsp3) is 0.361. The maximum absolute atomic E-state index is 14.7. The summed E-state index contributed by atoms with van der Waals surface area (Å²) in [5.41, 5.74) is 2.04. The average Bonchev–Trinajstić information content (AvgIpc) is 3.67. The second kappa shape index (κ2) is 11.8. The Labute approximate surface area is 276 Å². The molecular formula is C36H34ClNO9. The van der Waals surface area contributed by atoms with Gasteiger partial charge in [0.2, 0.25) is 23.1 Å². The Morgan fingerprint density at radius 3 is 2.47 bits per heavy atom. The molecule has 0 saturated carbocycles. The summed E-state index contributed by atoms with van der Waals surface area (Å²) in [5.74, 6) is -0.115. The summed E-state index contributed by atoms with van der Waals surface area (Å²) in [7, 11) is 4.40. The maximum Gasteiger partial charge on any atom is 0.236 e. The van der Waals surface area contributed by atoms with Gasteiger partial charge in [-0.05, 0) is 41.3 Å². The number of ether oxygens (including phenoxy) is 6. The third-order valence-corrected chi connectivity index (χ3v) is 9.91. The van der Waals surface area contributed by atoms with Crippen molar-refractivity contribution >= 4 is 29.1 Å². The number of benzene rings is 3. The monoisotopic (exact) mass is 659 g/mol. The minimum absolute atomic E-state index is 0.000521. The quantitative estimate of drug-likeness (QED) is 0.317. The van der Waals surface area contributed by atoms with Gasteiger partial charge >= 0.3 is 0 Å². The first-order valence-corrected chi connectivity index (χ1v) is 15.9. The summed E-state index contributed by atoms with van der Waals surface area (Å²) in [6.07, 6.45) is 1.83. The van der Waals surface area contributed by atoms with Crippen LogP contribution in [-0.2, 0) is 22.4 Å². The third kappa shape index (κ3) is 4.88. The Morgan fingerprint density at radius 2 is 1.70 bits per heavy atom. The Kier molecular flexibility index (Phi) is 7.78. The Bertz CT molecular complexity index is 1870. The van der Waals surface area contributed by atoms with E-state index in [2.05, 4.69) is 11.4 Å². The fourth-order valence-corrected chi connectivity index (χ4v) is 7.43. The molecule has 11 heteroatoms. The number of carbonyl (C=O) groups is 3. The number of hydrogen-bond acceptors (Lipinski definition) is 9. The summed E-state index contributed by atoms with van der Waals surface area (Å²) in [6, 6.07) is 13.1. The number of carbonyl (C=O) groups excluding carboxylic acids is 3. The van der Waals surface area contributed by atoms with Crippen molar-refractivity contribution in [1.82, 2.24) is 5.32 Å². The number of amides is 1.